The van der Waals surface area contributed by atoms with Crippen molar-refractivity contribution in [2.45, 2.75) is 18.6 Å². The summed E-state index contributed by atoms with van der Waals surface area (Å²) in [6.45, 7) is 0.458. The van der Waals surface area contributed by atoms with Crippen LogP contribution in [-0.2, 0) is 0 Å². The first-order valence-corrected chi connectivity index (χ1v) is 2.98. The van der Waals surface area contributed by atoms with Gasteiger partial charge in [-0.1, -0.05) is 0 Å². The summed E-state index contributed by atoms with van der Waals surface area (Å²) >= 11 is 0. The lowest BCUT2D eigenvalue weighted by atomic mass is 10.1. The Morgan fingerprint density at radius 1 is 1.11 bits per heavy atom. The van der Waals surface area contributed by atoms with E-state index in [4.69, 9.17) is 21.7 Å². The molecule has 56 valence electrons. The quantitative estimate of drug-likeness (QED) is 0.358. The van der Waals surface area contributed by atoms with E-state index in [0.29, 0.717) is 13.0 Å². The van der Waals surface area contributed by atoms with Gasteiger partial charge in [0.2, 0.25) is 0 Å². The largest absolute Gasteiger partial charge is 0.390 e. The first-order valence-electron chi connectivity index (χ1n) is 2.98. The molecule has 0 saturated heterocycles. The molecule has 0 heterocycles. The Labute approximate surface area is 54.5 Å². The first-order chi connectivity index (χ1) is 4.22. The lowest BCUT2D eigenvalue weighted by Crippen LogP contribution is -2.34. The van der Waals surface area contributed by atoms with Crippen molar-refractivity contribution in [3.8, 4) is 0 Å². The second-order valence-corrected chi connectivity index (χ2v) is 1.95. The summed E-state index contributed by atoms with van der Waals surface area (Å²) in [5.41, 5.74) is 10.2. The van der Waals surface area contributed by atoms with Gasteiger partial charge in [-0.05, 0) is 13.0 Å². The molecule has 0 spiro atoms. The summed E-state index contributed by atoms with van der Waals surface area (Å²) in [4.78, 5) is 0. The van der Waals surface area contributed by atoms with Crippen molar-refractivity contribution < 1.29 is 10.2 Å². The fraction of sp³-hybridized carbons (Fsp3) is 1.00. The summed E-state index contributed by atoms with van der Waals surface area (Å²) < 4.78 is 0. The van der Waals surface area contributed by atoms with Gasteiger partial charge < -0.3 is 21.7 Å². The normalized spacial score (nSPS) is 17.3. The van der Waals surface area contributed by atoms with Crippen LogP contribution in [0.2, 0.25) is 0 Å². The lowest BCUT2D eigenvalue weighted by molar-refractivity contribution is 0.0219. The lowest BCUT2D eigenvalue weighted by Gasteiger charge is -2.13. The maximum Gasteiger partial charge on any atom is 0.0921 e. The number of rotatable bonds is 4. The zero-order chi connectivity index (χ0) is 7.28. The van der Waals surface area contributed by atoms with E-state index in [0.717, 1.165) is 0 Å². The van der Waals surface area contributed by atoms with Gasteiger partial charge in [0.05, 0.1) is 12.2 Å². The van der Waals surface area contributed by atoms with E-state index >= 15 is 0 Å². The van der Waals surface area contributed by atoms with Crippen molar-refractivity contribution in [2.75, 3.05) is 13.1 Å². The van der Waals surface area contributed by atoms with E-state index in [1.807, 2.05) is 0 Å². The molecular formula is C5H14N2O2. The summed E-state index contributed by atoms with van der Waals surface area (Å²) in [7, 11) is 0. The van der Waals surface area contributed by atoms with Crippen LogP contribution in [0.5, 0.6) is 0 Å². The monoisotopic (exact) mass is 134 g/mol. The van der Waals surface area contributed by atoms with E-state index < -0.39 is 12.2 Å². The molecule has 0 unspecified atom stereocenters. The molecule has 0 aliphatic rings. The van der Waals surface area contributed by atoms with Gasteiger partial charge in [0, 0.05) is 6.54 Å². The van der Waals surface area contributed by atoms with Crippen molar-refractivity contribution in [2.24, 2.45) is 11.5 Å². The zero-order valence-corrected chi connectivity index (χ0v) is 5.33. The minimum atomic E-state index is -0.825. The molecule has 6 N–H and O–H groups in total. The predicted octanol–water partition coefficient (Wildman–Crippen LogP) is -1.98. The molecule has 0 aliphatic carbocycles. The van der Waals surface area contributed by atoms with Gasteiger partial charge in [-0.15, -0.1) is 0 Å². The second-order valence-electron chi connectivity index (χ2n) is 1.95. The van der Waals surface area contributed by atoms with Crippen LogP contribution in [0.3, 0.4) is 0 Å². The SMILES string of the molecule is NCC[C@H](O)[C@@H](O)CN. The van der Waals surface area contributed by atoms with Gasteiger partial charge in [-0.3, -0.25) is 0 Å². The third-order valence-electron chi connectivity index (χ3n) is 1.15. The summed E-state index contributed by atoms with van der Waals surface area (Å²) in [6, 6.07) is 0. The Morgan fingerprint density at radius 2 is 1.67 bits per heavy atom. The molecule has 0 fully saturated rings. The molecule has 0 aromatic rings. The Hall–Kier alpha value is -0.160. The van der Waals surface area contributed by atoms with Gasteiger partial charge in [0.1, 0.15) is 0 Å². The van der Waals surface area contributed by atoms with E-state index in [1.165, 1.54) is 0 Å². The number of aliphatic hydroxyl groups is 2. The first kappa shape index (κ1) is 8.84. The van der Waals surface area contributed by atoms with Crippen LogP contribution >= 0.6 is 0 Å². The molecule has 4 heteroatoms. The number of nitrogens with two attached hydrogens (primary N) is 2. The van der Waals surface area contributed by atoms with Crippen LogP contribution in [0.15, 0.2) is 0 Å². The molecule has 4 nitrogen and oxygen atoms in total. The van der Waals surface area contributed by atoms with Crippen LogP contribution in [-0.4, -0.2) is 35.5 Å². The average molecular weight is 134 g/mol. The van der Waals surface area contributed by atoms with E-state index in [9.17, 15) is 0 Å². The van der Waals surface area contributed by atoms with Gasteiger partial charge in [-0.2, -0.15) is 0 Å². The summed E-state index contributed by atoms with van der Waals surface area (Å²) in [5, 5.41) is 17.7. The molecule has 9 heavy (non-hydrogen) atoms. The Kier molecular flexibility index (Phi) is 4.61. The van der Waals surface area contributed by atoms with Crippen molar-refractivity contribution in [3.63, 3.8) is 0 Å². The molecule has 0 bridgehead atoms. The average Bonchev–Trinajstić information content (AvgIpc) is 1.87. The fourth-order valence-corrected chi connectivity index (χ4v) is 0.520. The maximum atomic E-state index is 8.91. The Bertz CT molecular complexity index is 70.0. The summed E-state index contributed by atoms with van der Waals surface area (Å²) in [5.74, 6) is 0. The third kappa shape index (κ3) is 3.42. The van der Waals surface area contributed by atoms with Gasteiger partial charge in [-0.25, -0.2) is 0 Å². The highest BCUT2D eigenvalue weighted by Gasteiger charge is 2.11. The Balaban J connectivity index is 3.32. The van der Waals surface area contributed by atoms with Crippen LogP contribution in [0, 0.1) is 0 Å². The molecular weight excluding hydrogens is 120 g/mol. The van der Waals surface area contributed by atoms with Crippen molar-refractivity contribution in [3.05, 3.63) is 0 Å². The van der Waals surface area contributed by atoms with Crippen LogP contribution in [0.4, 0.5) is 0 Å². The number of hydrogen-bond acceptors (Lipinski definition) is 4. The third-order valence-corrected chi connectivity index (χ3v) is 1.15. The summed E-state index contributed by atoms with van der Waals surface area (Å²) in [6.07, 6.45) is -1.19. The van der Waals surface area contributed by atoms with Crippen molar-refractivity contribution in [1.82, 2.24) is 0 Å². The van der Waals surface area contributed by atoms with E-state index in [-0.39, 0.29) is 6.54 Å². The highest BCUT2D eigenvalue weighted by molar-refractivity contribution is 4.67. The minimum absolute atomic E-state index is 0.0845. The van der Waals surface area contributed by atoms with Crippen molar-refractivity contribution in [1.29, 1.82) is 0 Å². The maximum absolute atomic E-state index is 8.91. The van der Waals surface area contributed by atoms with Gasteiger partial charge >= 0.3 is 0 Å². The molecule has 0 saturated carbocycles. The molecule has 2 atom stereocenters. The molecule has 0 aromatic heterocycles. The number of hydrogen-bond donors (Lipinski definition) is 4. The van der Waals surface area contributed by atoms with Crippen LogP contribution in [0.25, 0.3) is 0 Å². The van der Waals surface area contributed by atoms with Gasteiger partial charge in [0.15, 0.2) is 0 Å². The van der Waals surface area contributed by atoms with E-state index in [1.54, 1.807) is 0 Å². The molecule has 0 amide bonds. The zero-order valence-electron chi connectivity index (χ0n) is 5.33. The van der Waals surface area contributed by atoms with Crippen LogP contribution in [0.1, 0.15) is 6.42 Å². The smallest absolute Gasteiger partial charge is 0.0921 e. The molecule has 0 radical (unpaired) electrons. The molecule has 0 aliphatic heterocycles. The van der Waals surface area contributed by atoms with Gasteiger partial charge in [0.25, 0.3) is 0 Å². The molecule has 0 rings (SSSR count). The fourth-order valence-electron chi connectivity index (χ4n) is 0.520. The Morgan fingerprint density at radius 3 is 2.00 bits per heavy atom. The van der Waals surface area contributed by atoms with E-state index in [2.05, 4.69) is 0 Å². The minimum Gasteiger partial charge on any atom is -0.390 e. The number of aliphatic hydroxyl groups excluding tert-OH is 2. The standard InChI is InChI=1S/C5H14N2O2/c6-2-1-4(8)5(9)3-7/h4-5,8-9H,1-3,6-7H2/t4-,5-/m0/s1. The van der Waals surface area contributed by atoms with Crippen LogP contribution < -0.4 is 11.5 Å². The topological polar surface area (TPSA) is 92.5 Å². The highest BCUT2D eigenvalue weighted by atomic mass is 16.3. The second kappa shape index (κ2) is 4.69. The molecule has 0 aromatic carbocycles. The highest BCUT2D eigenvalue weighted by Crippen LogP contribution is 1.94. The predicted molar refractivity (Wildman–Crippen MR) is 34.7 cm³/mol. The van der Waals surface area contributed by atoms with Crippen molar-refractivity contribution >= 4 is 0 Å².